The number of allylic oxidation sites excluding steroid dienone is 4. The molecule has 1 aliphatic carbocycles. The Hall–Kier alpha value is -5.84. The van der Waals surface area contributed by atoms with Gasteiger partial charge in [-0.1, -0.05) is 36.4 Å². The number of benzodiazepines with no additional fused rings is 1. The molecular weight excluding hydrogens is 614 g/mol. The minimum absolute atomic E-state index is 0.154. The molecule has 2 aromatic heterocycles. The maximum Gasteiger partial charge on any atom is 0.330 e. The van der Waals surface area contributed by atoms with Crippen LogP contribution in [0.1, 0.15) is 52.5 Å². The molecule has 2 atom stereocenters. The average molecular weight is 654 g/mol. The highest BCUT2D eigenvalue weighted by Gasteiger charge is 2.32. The molecule has 11 nitrogen and oxygen atoms in total. The van der Waals surface area contributed by atoms with E-state index in [0.29, 0.717) is 41.2 Å². The van der Waals surface area contributed by atoms with Crippen molar-refractivity contribution in [2.45, 2.75) is 46.2 Å². The van der Waals surface area contributed by atoms with Gasteiger partial charge in [0.25, 0.3) is 5.91 Å². The van der Waals surface area contributed by atoms with Crippen LogP contribution < -0.4 is 25.8 Å². The Balaban J connectivity index is 1.05. The molecule has 2 aliphatic heterocycles. The zero-order chi connectivity index (χ0) is 34.1. The van der Waals surface area contributed by atoms with Crippen LogP contribution in [0.4, 0.5) is 39.3 Å². The topological polar surface area (TPSA) is 128 Å². The van der Waals surface area contributed by atoms with Crippen LogP contribution >= 0.6 is 0 Å². The second kappa shape index (κ2) is 13.3. The first kappa shape index (κ1) is 31.7. The third kappa shape index (κ3) is 6.78. The molecule has 4 heterocycles. The maximum absolute atomic E-state index is 13.7. The predicted molar refractivity (Wildman–Crippen MR) is 195 cm³/mol. The van der Waals surface area contributed by atoms with Crippen molar-refractivity contribution < 1.29 is 9.59 Å². The Morgan fingerprint density at radius 3 is 2.65 bits per heavy atom. The normalized spacial score (nSPS) is 18.2. The van der Waals surface area contributed by atoms with Gasteiger partial charge in [-0.25, -0.2) is 9.78 Å². The van der Waals surface area contributed by atoms with Gasteiger partial charge in [0.2, 0.25) is 5.95 Å². The van der Waals surface area contributed by atoms with E-state index < -0.39 is 0 Å². The Kier molecular flexibility index (Phi) is 8.65. The van der Waals surface area contributed by atoms with Gasteiger partial charge >= 0.3 is 6.03 Å². The Bertz CT molecular complexity index is 2020. The van der Waals surface area contributed by atoms with Crippen molar-refractivity contribution in [2.24, 2.45) is 10.9 Å². The second-order valence-corrected chi connectivity index (χ2v) is 12.8. The summed E-state index contributed by atoms with van der Waals surface area (Å²) in [5.41, 5.74) is 8.05. The summed E-state index contributed by atoms with van der Waals surface area (Å²) in [5.74, 6) is 1.16. The molecule has 248 valence electrons. The van der Waals surface area contributed by atoms with Crippen molar-refractivity contribution in [3.05, 3.63) is 113 Å². The van der Waals surface area contributed by atoms with Gasteiger partial charge < -0.3 is 16.0 Å². The van der Waals surface area contributed by atoms with Gasteiger partial charge in [-0.3, -0.25) is 24.6 Å². The summed E-state index contributed by atoms with van der Waals surface area (Å²) in [6.07, 6.45) is 14.1. The van der Waals surface area contributed by atoms with Crippen molar-refractivity contribution in [3.8, 4) is 0 Å². The standard InChI is InChI=1S/C38H39N9O2/c1-23-10-13-29(43-36(48)27-12-15-32-25(3)42-31(21-40-33(32)17-27)16-26-8-6-5-7-9-26)18-34(23)47-22-28-19-41-37(45-35(28)46(4)38(47)49)44-30-14-11-24(2)39-20-30/h5-8,10-15,17-20,26,31,40H,9,16,21-22H2,1-4H3,(H,43,48)(H,41,44,45)/t26?,31-/m0/s1. The molecule has 11 heteroatoms. The van der Waals surface area contributed by atoms with Crippen LogP contribution in [0.3, 0.4) is 0 Å². The van der Waals surface area contributed by atoms with E-state index >= 15 is 0 Å². The molecular formula is C38H39N9O2. The number of aliphatic imine (C=N–C) groups is 1. The number of urea groups is 1. The first-order valence-electron chi connectivity index (χ1n) is 16.5. The lowest BCUT2D eigenvalue weighted by Crippen LogP contribution is -2.46. The molecule has 0 bridgehead atoms. The molecule has 0 saturated carbocycles. The third-order valence-electron chi connectivity index (χ3n) is 9.15. The van der Waals surface area contributed by atoms with E-state index in [0.717, 1.165) is 52.3 Å². The van der Waals surface area contributed by atoms with Gasteiger partial charge in [0.1, 0.15) is 5.82 Å². The van der Waals surface area contributed by atoms with Crippen LogP contribution in [0.5, 0.6) is 0 Å². The lowest BCUT2D eigenvalue weighted by Gasteiger charge is -2.35. The highest BCUT2D eigenvalue weighted by Crippen LogP contribution is 2.34. The predicted octanol–water partition coefficient (Wildman–Crippen LogP) is 7.19. The van der Waals surface area contributed by atoms with E-state index in [1.807, 2.05) is 69.3 Å². The monoisotopic (exact) mass is 653 g/mol. The van der Waals surface area contributed by atoms with Crippen LogP contribution in [-0.2, 0) is 6.54 Å². The third-order valence-corrected chi connectivity index (χ3v) is 9.15. The van der Waals surface area contributed by atoms with E-state index in [2.05, 4.69) is 55.2 Å². The van der Waals surface area contributed by atoms with Gasteiger partial charge in [-0.15, -0.1) is 0 Å². The summed E-state index contributed by atoms with van der Waals surface area (Å²) in [6.45, 7) is 6.89. The molecule has 7 rings (SSSR count). The minimum atomic E-state index is -0.237. The van der Waals surface area contributed by atoms with Crippen LogP contribution in [-0.4, -0.2) is 52.2 Å². The van der Waals surface area contributed by atoms with E-state index in [1.54, 1.807) is 24.3 Å². The molecule has 49 heavy (non-hydrogen) atoms. The summed E-state index contributed by atoms with van der Waals surface area (Å²) >= 11 is 0. The fourth-order valence-electron chi connectivity index (χ4n) is 6.47. The number of aromatic nitrogens is 3. The Morgan fingerprint density at radius 1 is 1.00 bits per heavy atom. The molecule has 0 radical (unpaired) electrons. The largest absolute Gasteiger partial charge is 0.382 e. The van der Waals surface area contributed by atoms with E-state index in [4.69, 9.17) is 4.99 Å². The minimum Gasteiger partial charge on any atom is -0.382 e. The van der Waals surface area contributed by atoms with E-state index in [9.17, 15) is 9.59 Å². The first-order valence-corrected chi connectivity index (χ1v) is 16.5. The maximum atomic E-state index is 13.7. The second-order valence-electron chi connectivity index (χ2n) is 12.8. The van der Waals surface area contributed by atoms with E-state index in [-0.39, 0.29) is 24.5 Å². The van der Waals surface area contributed by atoms with Gasteiger partial charge in [-0.2, -0.15) is 4.98 Å². The molecule has 3 amide bonds. The Morgan fingerprint density at radius 2 is 1.86 bits per heavy atom. The fraction of sp³-hybridized carbons (Fsp3) is 0.263. The number of aryl methyl sites for hydroxylation is 2. The number of benzene rings is 2. The molecule has 2 aromatic carbocycles. The number of fused-ring (bicyclic) bond motifs is 2. The summed E-state index contributed by atoms with van der Waals surface area (Å²) in [7, 11) is 1.70. The molecule has 0 fully saturated rings. The number of anilines is 6. The smallest absolute Gasteiger partial charge is 0.330 e. The quantitative estimate of drug-likeness (QED) is 0.193. The molecule has 0 saturated heterocycles. The van der Waals surface area contributed by atoms with Gasteiger partial charge in [-0.05, 0) is 81.5 Å². The van der Waals surface area contributed by atoms with Crippen LogP contribution in [0.2, 0.25) is 0 Å². The van der Waals surface area contributed by atoms with Crippen molar-refractivity contribution in [1.82, 2.24) is 15.0 Å². The number of nitrogens with zero attached hydrogens (tertiary/aromatic N) is 6. The summed E-state index contributed by atoms with van der Waals surface area (Å²) < 4.78 is 0. The molecule has 4 aromatic rings. The summed E-state index contributed by atoms with van der Waals surface area (Å²) in [6, 6.07) is 15.0. The average Bonchev–Trinajstić information content (AvgIpc) is 3.26. The molecule has 0 spiro atoms. The zero-order valence-corrected chi connectivity index (χ0v) is 28.1. The number of carbonyl (C=O) groups excluding carboxylic acids is 2. The van der Waals surface area contributed by atoms with Crippen molar-refractivity contribution in [1.29, 1.82) is 0 Å². The Labute approximate surface area is 285 Å². The lowest BCUT2D eigenvalue weighted by molar-refractivity contribution is 0.102. The zero-order valence-electron chi connectivity index (χ0n) is 28.1. The lowest BCUT2D eigenvalue weighted by atomic mass is 9.93. The molecule has 3 N–H and O–H groups in total. The highest BCUT2D eigenvalue weighted by molar-refractivity contribution is 6.09. The SMILES string of the molecule is CC1=N[C@@H](CC2C=CC=CC2)CNc2cc(C(=O)Nc3ccc(C)c(N4Cc5cnc(Nc6ccc(C)nc6)nc5N(C)C4=O)c3)ccc21. The van der Waals surface area contributed by atoms with E-state index in [1.165, 1.54) is 4.90 Å². The first-order chi connectivity index (χ1) is 23.7. The number of hydrogen-bond donors (Lipinski definition) is 3. The van der Waals surface area contributed by atoms with Gasteiger partial charge in [0, 0.05) is 59.3 Å². The number of carbonyl (C=O) groups is 2. The highest BCUT2D eigenvalue weighted by atomic mass is 16.2. The number of rotatable bonds is 7. The fourth-order valence-corrected chi connectivity index (χ4v) is 6.47. The van der Waals surface area contributed by atoms with Crippen molar-refractivity contribution in [3.63, 3.8) is 0 Å². The van der Waals surface area contributed by atoms with Crippen LogP contribution in [0, 0.1) is 19.8 Å². The van der Waals surface area contributed by atoms with Crippen molar-refractivity contribution >= 4 is 52.2 Å². The van der Waals surface area contributed by atoms with Crippen LogP contribution in [0.25, 0.3) is 0 Å². The number of pyridine rings is 1. The van der Waals surface area contributed by atoms with Gasteiger partial charge in [0.05, 0.1) is 30.2 Å². The van der Waals surface area contributed by atoms with Gasteiger partial charge in [0.15, 0.2) is 0 Å². The van der Waals surface area contributed by atoms with Crippen molar-refractivity contribution in [2.75, 3.05) is 39.3 Å². The summed E-state index contributed by atoms with van der Waals surface area (Å²) in [5, 5.41) is 9.74. The molecule has 1 unspecified atom stereocenters. The number of amides is 3. The number of nitrogens with one attached hydrogen (secondary N) is 3. The van der Waals surface area contributed by atoms with Crippen LogP contribution in [0.15, 0.2) is 90.2 Å². The number of hydrogen-bond acceptors (Lipinski definition) is 8. The summed E-state index contributed by atoms with van der Waals surface area (Å²) in [4.78, 5) is 48.8. The molecule has 3 aliphatic rings.